The SMILES string of the molecule is C=C(CCC)C(N)=O.CCl. The third-order valence-electron chi connectivity index (χ3n) is 0.900. The van der Waals surface area contributed by atoms with E-state index in [2.05, 4.69) is 18.2 Å². The smallest absolute Gasteiger partial charge is 0.244 e. The molecule has 3 heteroatoms. The zero-order valence-corrected chi connectivity index (χ0v) is 7.24. The first-order valence-electron chi connectivity index (χ1n) is 3.03. The van der Waals surface area contributed by atoms with E-state index in [4.69, 9.17) is 5.73 Å². The fraction of sp³-hybridized carbons (Fsp3) is 0.571. The van der Waals surface area contributed by atoms with E-state index in [-0.39, 0.29) is 5.91 Å². The summed E-state index contributed by atoms with van der Waals surface area (Å²) >= 11 is 4.64. The molecule has 0 aliphatic carbocycles. The Kier molecular flexibility index (Phi) is 10.4. The number of hydrogen-bond acceptors (Lipinski definition) is 1. The number of hydrogen-bond donors (Lipinski definition) is 1. The molecule has 10 heavy (non-hydrogen) atoms. The minimum Gasteiger partial charge on any atom is -0.366 e. The Labute approximate surface area is 67.0 Å². The van der Waals surface area contributed by atoms with Crippen molar-refractivity contribution in [3.63, 3.8) is 0 Å². The maximum Gasteiger partial charge on any atom is 0.244 e. The molecule has 0 aromatic rings. The molecule has 0 bridgehead atoms. The van der Waals surface area contributed by atoms with Gasteiger partial charge in [0, 0.05) is 12.0 Å². The molecule has 0 saturated carbocycles. The lowest BCUT2D eigenvalue weighted by molar-refractivity contribution is -0.114. The van der Waals surface area contributed by atoms with E-state index in [0.717, 1.165) is 12.8 Å². The summed E-state index contributed by atoms with van der Waals surface area (Å²) in [5.74, 6) is -0.383. The molecule has 0 fully saturated rings. The van der Waals surface area contributed by atoms with Gasteiger partial charge in [0.05, 0.1) is 0 Å². The quantitative estimate of drug-likeness (QED) is 0.499. The van der Waals surface area contributed by atoms with Crippen molar-refractivity contribution < 1.29 is 4.79 Å². The lowest BCUT2D eigenvalue weighted by atomic mass is 10.2. The number of alkyl halides is 1. The Bertz CT molecular complexity index is 112. The van der Waals surface area contributed by atoms with Crippen molar-refractivity contribution >= 4 is 17.5 Å². The molecule has 0 aromatic carbocycles. The van der Waals surface area contributed by atoms with E-state index >= 15 is 0 Å². The van der Waals surface area contributed by atoms with Crippen molar-refractivity contribution in [3.05, 3.63) is 12.2 Å². The Morgan fingerprint density at radius 2 is 2.00 bits per heavy atom. The summed E-state index contributed by atoms with van der Waals surface area (Å²) in [6, 6.07) is 0. The average Bonchev–Trinajstić information content (AvgIpc) is 1.93. The number of carbonyl (C=O) groups is 1. The fourth-order valence-electron chi connectivity index (χ4n) is 0.425. The van der Waals surface area contributed by atoms with Gasteiger partial charge in [0.15, 0.2) is 0 Å². The van der Waals surface area contributed by atoms with Crippen LogP contribution in [0.3, 0.4) is 0 Å². The first kappa shape index (κ1) is 12.2. The van der Waals surface area contributed by atoms with Crippen LogP contribution in [0.2, 0.25) is 0 Å². The van der Waals surface area contributed by atoms with Crippen LogP contribution in [0, 0.1) is 0 Å². The summed E-state index contributed by atoms with van der Waals surface area (Å²) in [5, 5.41) is 0. The molecule has 0 radical (unpaired) electrons. The van der Waals surface area contributed by atoms with Crippen LogP contribution in [-0.4, -0.2) is 12.3 Å². The number of halogens is 1. The second-order valence-corrected chi connectivity index (χ2v) is 1.72. The molecule has 0 heterocycles. The molecule has 0 aliphatic rings. The second kappa shape index (κ2) is 8.50. The highest BCUT2D eigenvalue weighted by Gasteiger charge is 1.96. The minimum atomic E-state index is -0.383. The molecular formula is C7H14ClNO. The standard InChI is InChI=1S/C6H11NO.CH3Cl/c1-3-4-5(2)6(7)8;1-2/h2-4H2,1H3,(H2,7,8);1H3. The highest BCUT2D eigenvalue weighted by Crippen LogP contribution is 1.98. The van der Waals surface area contributed by atoms with Crippen LogP contribution in [-0.2, 0) is 4.79 Å². The molecule has 60 valence electrons. The molecule has 0 saturated heterocycles. The van der Waals surface area contributed by atoms with Gasteiger partial charge in [-0.25, -0.2) is 0 Å². The van der Waals surface area contributed by atoms with Crippen molar-refractivity contribution in [1.29, 1.82) is 0 Å². The van der Waals surface area contributed by atoms with Crippen molar-refractivity contribution in [2.24, 2.45) is 5.73 Å². The van der Waals surface area contributed by atoms with E-state index in [1.54, 1.807) is 0 Å². The highest BCUT2D eigenvalue weighted by atomic mass is 35.5. The third-order valence-corrected chi connectivity index (χ3v) is 0.900. The Morgan fingerprint density at radius 3 is 2.10 bits per heavy atom. The highest BCUT2D eigenvalue weighted by molar-refractivity contribution is 6.15. The van der Waals surface area contributed by atoms with Gasteiger partial charge in [0.25, 0.3) is 0 Å². The Balaban J connectivity index is 0. The van der Waals surface area contributed by atoms with Gasteiger partial charge in [0.1, 0.15) is 0 Å². The van der Waals surface area contributed by atoms with E-state index in [1.165, 1.54) is 6.38 Å². The summed E-state index contributed by atoms with van der Waals surface area (Å²) in [4.78, 5) is 10.2. The predicted molar refractivity (Wildman–Crippen MR) is 45.0 cm³/mol. The number of amides is 1. The van der Waals surface area contributed by atoms with Crippen molar-refractivity contribution in [1.82, 2.24) is 0 Å². The van der Waals surface area contributed by atoms with Gasteiger partial charge >= 0.3 is 0 Å². The number of nitrogens with two attached hydrogens (primary N) is 1. The van der Waals surface area contributed by atoms with Crippen LogP contribution in [0.5, 0.6) is 0 Å². The Morgan fingerprint density at radius 1 is 1.60 bits per heavy atom. The minimum absolute atomic E-state index is 0.383. The molecule has 0 unspecified atom stereocenters. The lowest BCUT2D eigenvalue weighted by Gasteiger charge is -1.93. The summed E-state index contributed by atoms with van der Waals surface area (Å²) in [6.07, 6.45) is 3.12. The summed E-state index contributed by atoms with van der Waals surface area (Å²) in [5.41, 5.74) is 5.40. The van der Waals surface area contributed by atoms with Crippen LogP contribution in [0.1, 0.15) is 19.8 Å². The van der Waals surface area contributed by atoms with Crippen LogP contribution < -0.4 is 5.73 Å². The molecule has 0 aliphatic heterocycles. The van der Waals surface area contributed by atoms with Gasteiger partial charge in [-0.3, -0.25) is 4.79 Å². The van der Waals surface area contributed by atoms with Gasteiger partial charge in [-0.2, -0.15) is 0 Å². The van der Waals surface area contributed by atoms with Crippen LogP contribution in [0.4, 0.5) is 0 Å². The largest absolute Gasteiger partial charge is 0.366 e. The predicted octanol–water partition coefficient (Wildman–Crippen LogP) is 1.68. The normalized spacial score (nSPS) is 7.50. The van der Waals surface area contributed by atoms with Gasteiger partial charge in [-0.15, -0.1) is 11.6 Å². The zero-order chi connectivity index (χ0) is 8.57. The van der Waals surface area contributed by atoms with Crippen LogP contribution in [0.15, 0.2) is 12.2 Å². The Hall–Kier alpha value is -0.500. The van der Waals surface area contributed by atoms with Crippen molar-refractivity contribution in [3.8, 4) is 0 Å². The summed E-state index contributed by atoms with van der Waals surface area (Å²) < 4.78 is 0. The van der Waals surface area contributed by atoms with E-state index in [0.29, 0.717) is 5.57 Å². The van der Waals surface area contributed by atoms with Gasteiger partial charge in [-0.1, -0.05) is 19.9 Å². The van der Waals surface area contributed by atoms with Gasteiger partial charge in [0.2, 0.25) is 5.91 Å². The van der Waals surface area contributed by atoms with Crippen molar-refractivity contribution in [2.45, 2.75) is 19.8 Å². The van der Waals surface area contributed by atoms with Crippen LogP contribution >= 0.6 is 11.6 Å². The van der Waals surface area contributed by atoms with Gasteiger partial charge < -0.3 is 5.73 Å². The number of primary amides is 1. The molecular weight excluding hydrogens is 150 g/mol. The first-order valence-corrected chi connectivity index (χ1v) is 3.79. The molecule has 2 N–H and O–H groups in total. The first-order chi connectivity index (χ1) is 4.68. The molecule has 0 atom stereocenters. The molecule has 1 amide bonds. The fourth-order valence-corrected chi connectivity index (χ4v) is 0.425. The monoisotopic (exact) mass is 163 g/mol. The molecule has 0 aromatic heterocycles. The zero-order valence-electron chi connectivity index (χ0n) is 6.48. The molecule has 0 rings (SSSR count). The van der Waals surface area contributed by atoms with E-state index in [1.807, 2.05) is 6.92 Å². The average molecular weight is 164 g/mol. The van der Waals surface area contributed by atoms with Crippen molar-refractivity contribution in [2.75, 3.05) is 6.38 Å². The number of rotatable bonds is 3. The summed E-state index contributed by atoms with van der Waals surface area (Å²) in [7, 11) is 0. The third kappa shape index (κ3) is 7.50. The van der Waals surface area contributed by atoms with Crippen LogP contribution in [0.25, 0.3) is 0 Å². The number of carbonyl (C=O) groups excluding carboxylic acids is 1. The maximum absolute atomic E-state index is 10.2. The second-order valence-electron chi connectivity index (χ2n) is 1.72. The lowest BCUT2D eigenvalue weighted by Crippen LogP contribution is -2.12. The molecule has 0 spiro atoms. The summed E-state index contributed by atoms with van der Waals surface area (Å²) in [6.45, 7) is 5.45. The maximum atomic E-state index is 10.2. The molecule has 2 nitrogen and oxygen atoms in total. The van der Waals surface area contributed by atoms with Gasteiger partial charge in [-0.05, 0) is 6.42 Å². The topological polar surface area (TPSA) is 43.1 Å². The van der Waals surface area contributed by atoms with E-state index < -0.39 is 0 Å². The van der Waals surface area contributed by atoms with E-state index in [9.17, 15) is 4.79 Å².